The first kappa shape index (κ1) is 37.8. The third-order valence-corrected chi connectivity index (χ3v) is 12.7. The molecule has 3 saturated carbocycles. The molecule has 0 spiro atoms. The summed E-state index contributed by atoms with van der Waals surface area (Å²) >= 11 is 0. The van der Waals surface area contributed by atoms with Gasteiger partial charge < -0.3 is 44.8 Å². The summed E-state index contributed by atoms with van der Waals surface area (Å²) in [6, 6.07) is 0. The summed E-state index contributed by atoms with van der Waals surface area (Å²) in [6.45, 7) is 11.6. The number of epoxide rings is 1. The zero-order valence-corrected chi connectivity index (χ0v) is 29.5. The minimum atomic E-state index is -2.55. The molecule has 14 atom stereocenters. The summed E-state index contributed by atoms with van der Waals surface area (Å²) in [6.07, 6.45) is 3.99. The standard InChI is InChI=1S/C37H54O12/c1-8-10-11-14-22(39)23(40)15-12-13-16-25(41)47-29-21(5)35(45)24-17-20(4)28(42)36(24,46)32(44)34(18-38)30(48-34)26(35)27-33(6,7)37(27,29)49-31(43)19(3)9-2/h12-13,15-17,19,21-24,26-27,29-30,32,38-40,44-46H,8-11,14,18H2,1-7H3/b15-12+,16-13+/t19?,21-,22?,23?,24+,26-,27+,29?,30?,32?,34?,35?,36?,37?/m1/s1. The van der Waals surface area contributed by atoms with Gasteiger partial charge in [0.1, 0.15) is 17.8 Å². The third-order valence-electron chi connectivity index (χ3n) is 12.7. The first-order valence-corrected chi connectivity index (χ1v) is 17.7. The number of aliphatic hydroxyl groups is 6. The number of carbonyl (C=O) groups excluding carboxylic acids is 3. The second-order valence-corrected chi connectivity index (χ2v) is 15.6. The molecule has 4 aliphatic carbocycles. The van der Waals surface area contributed by atoms with Gasteiger partial charge in [0, 0.05) is 35.2 Å². The summed E-state index contributed by atoms with van der Waals surface area (Å²) < 4.78 is 18.5. The van der Waals surface area contributed by atoms with E-state index in [0.717, 1.165) is 25.3 Å². The van der Waals surface area contributed by atoms with Crippen molar-refractivity contribution in [2.24, 2.45) is 35.0 Å². The summed E-state index contributed by atoms with van der Waals surface area (Å²) in [4.78, 5) is 40.5. The van der Waals surface area contributed by atoms with Gasteiger partial charge in [0.25, 0.3) is 0 Å². The van der Waals surface area contributed by atoms with E-state index in [9.17, 15) is 45.0 Å². The number of aliphatic hydroxyl groups excluding tert-OH is 4. The maximum Gasteiger partial charge on any atom is 0.331 e. The molecule has 0 bridgehead atoms. The molecule has 49 heavy (non-hydrogen) atoms. The Morgan fingerprint density at radius 3 is 2.41 bits per heavy atom. The Morgan fingerprint density at radius 1 is 1.12 bits per heavy atom. The van der Waals surface area contributed by atoms with Crippen LogP contribution in [0.25, 0.3) is 0 Å². The molecule has 0 radical (unpaired) electrons. The molecule has 274 valence electrons. The van der Waals surface area contributed by atoms with Gasteiger partial charge in [-0.3, -0.25) is 9.59 Å². The average molecular weight is 691 g/mol. The van der Waals surface area contributed by atoms with Crippen LogP contribution in [0.15, 0.2) is 36.0 Å². The number of hydrogen-bond donors (Lipinski definition) is 6. The predicted molar refractivity (Wildman–Crippen MR) is 175 cm³/mol. The van der Waals surface area contributed by atoms with Gasteiger partial charge >= 0.3 is 11.9 Å². The molecule has 0 aromatic heterocycles. The molecule has 0 aromatic carbocycles. The van der Waals surface area contributed by atoms with E-state index in [1.54, 1.807) is 13.8 Å². The number of hydrogen-bond acceptors (Lipinski definition) is 12. The lowest BCUT2D eigenvalue weighted by Gasteiger charge is -2.53. The number of ketones is 1. The van der Waals surface area contributed by atoms with Crippen molar-refractivity contribution in [2.75, 3.05) is 6.61 Å². The largest absolute Gasteiger partial charge is 0.455 e. The van der Waals surface area contributed by atoms with Crippen LogP contribution in [0, 0.1) is 35.0 Å². The van der Waals surface area contributed by atoms with Gasteiger partial charge in [-0.05, 0) is 25.3 Å². The number of rotatable bonds is 13. The fourth-order valence-electron chi connectivity index (χ4n) is 9.48. The van der Waals surface area contributed by atoms with Crippen molar-refractivity contribution in [1.82, 2.24) is 0 Å². The maximum atomic E-state index is 13.5. The van der Waals surface area contributed by atoms with Gasteiger partial charge in [-0.2, -0.15) is 0 Å². The molecule has 0 amide bonds. The van der Waals surface area contributed by atoms with E-state index in [1.807, 2.05) is 27.7 Å². The van der Waals surface area contributed by atoms with Gasteiger partial charge in [-0.25, -0.2) is 4.79 Å². The Hall–Kier alpha value is -2.45. The molecular weight excluding hydrogens is 636 g/mol. The van der Waals surface area contributed by atoms with Crippen LogP contribution in [0.1, 0.15) is 80.6 Å². The van der Waals surface area contributed by atoms with Gasteiger partial charge in [0.2, 0.25) is 0 Å². The zero-order valence-electron chi connectivity index (χ0n) is 29.5. The first-order chi connectivity index (χ1) is 22.9. The Bertz CT molecular complexity index is 1420. The first-order valence-electron chi connectivity index (χ1n) is 17.7. The molecule has 5 rings (SSSR count). The van der Waals surface area contributed by atoms with Crippen LogP contribution < -0.4 is 0 Å². The monoisotopic (exact) mass is 690 g/mol. The topological polar surface area (TPSA) is 204 Å². The average Bonchev–Trinajstić information content (AvgIpc) is 3.89. The van der Waals surface area contributed by atoms with E-state index < -0.39 is 112 Å². The summed E-state index contributed by atoms with van der Waals surface area (Å²) in [7, 11) is 0. The molecule has 1 saturated heterocycles. The molecular formula is C37H54O12. The van der Waals surface area contributed by atoms with Crippen LogP contribution >= 0.6 is 0 Å². The van der Waals surface area contributed by atoms with E-state index in [1.165, 1.54) is 31.2 Å². The summed E-state index contributed by atoms with van der Waals surface area (Å²) in [5.41, 5.74) is -8.63. The van der Waals surface area contributed by atoms with E-state index in [0.29, 0.717) is 12.8 Å². The van der Waals surface area contributed by atoms with E-state index in [-0.39, 0.29) is 5.57 Å². The fraction of sp³-hybridized carbons (Fsp3) is 0.757. The van der Waals surface area contributed by atoms with Gasteiger partial charge in [-0.15, -0.1) is 0 Å². The van der Waals surface area contributed by atoms with E-state index in [4.69, 9.17) is 14.2 Å². The number of Topliss-reactive ketones (excluding diaryl/α,β-unsaturated/α-hetero) is 1. The molecule has 12 heteroatoms. The van der Waals surface area contributed by atoms with Crippen LogP contribution in [0.5, 0.6) is 0 Å². The third kappa shape index (κ3) is 5.31. The molecule has 12 nitrogen and oxygen atoms in total. The molecule has 0 aromatic rings. The van der Waals surface area contributed by atoms with Gasteiger partial charge in [0.05, 0.1) is 36.4 Å². The van der Waals surface area contributed by atoms with Gasteiger partial charge in [0.15, 0.2) is 17.0 Å². The lowest BCUT2D eigenvalue weighted by molar-refractivity contribution is -0.244. The highest BCUT2D eigenvalue weighted by Gasteiger charge is 2.93. The minimum absolute atomic E-state index is 0.120. The molecule has 6 N–H and O–H groups in total. The van der Waals surface area contributed by atoms with Crippen molar-refractivity contribution in [2.45, 2.75) is 133 Å². The quantitative estimate of drug-likeness (QED) is 0.0537. The zero-order chi connectivity index (χ0) is 36.5. The molecule has 10 unspecified atom stereocenters. The van der Waals surface area contributed by atoms with Gasteiger partial charge in [-0.1, -0.05) is 85.1 Å². The Labute approximate surface area is 287 Å². The second-order valence-electron chi connectivity index (χ2n) is 15.6. The van der Waals surface area contributed by atoms with Crippen LogP contribution in [0.3, 0.4) is 0 Å². The number of carbonyl (C=O) groups is 3. The number of allylic oxidation sites excluding steroid dienone is 2. The van der Waals surface area contributed by atoms with Crippen LogP contribution in [0.2, 0.25) is 0 Å². The van der Waals surface area contributed by atoms with E-state index >= 15 is 0 Å². The summed E-state index contributed by atoms with van der Waals surface area (Å²) in [5.74, 6) is -6.83. The summed E-state index contributed by atoms with van der Waals surface area (Å²) in [5, 5.41) is 67.7. The Morgan fingerprint density at radius 2 is 1.80 bits per heavy atom. The second kappa shape index (κ2) is 13.0. The smallest absolute Gasteiger partial charge is 0.331 e. The van der Waals surface area contributed by atoms with E-state index in [2.05, 4.69) is 0 Å². The maximum absolute atomic E-state index is 13.5. The van der Waals surface area contributed by atoms with Crippen molar-refractivity contribution < 1.29 is 59.2 Å². The Balaban J connectivity index is 1.53. The number of ether oxygens (including phenoxy) is 3. The lowest BCUT2D eigenvalue weighted by Crippen LogP contribution is -2.69. The number of fused-ring (bicyclic) bond motifs is 7. The normalized spacial score (nSPS) is 43.4. The molecule has 1 heterocycles. The van der Waals surface area contributed by atoms with Crippen molar-refractivity contribution in [1.29, 1.82) is 0 Å². The lowest BCUT2D eigenvalue weighted by atomic mass is 9.58. The minimum Gasteiger partial charge on any atom is -0.455 e. The van der Waals surface area contributed by atoms with Crippen LogP contribution in [-0.4, -0.2) is 108 Å². The van der Waals surface area contributed by atoms with Crippen molar-refractivity contribution in [3.8, 4) is 0 Å². The fourth-order valence-corrected chi connectivity index (χ4v) is 9.48. The molecule has 4 fully saturated rings. The van der Waals surface area contributed by atoms with Crippen LogP contribution in [-0.2, 0) is 28.6 Å². The Kier molecular flexibility index (Phi) is 9.99. The predicted octanol–water partition coefficient (Wildman–Crippen LogP) is 1.67. The molecule has 1 aliphatic heterocycles. The highest BCUT2D eigenvalue weighted by molar-refractivity contribution is 6.05. The number of esters is 2. The van der Waals surface area contributed by atoms with Crippen molar-refractivity contribution in [3.63, 3.8) is 0 Å². The SMILES string of the molecule is CCCCCC(O)C(O)/C=C/C=C/C(=O)OC1[C@@H](C)C2(O)[C@@H]3C=C(C)C(=O)C3(O)C(O)C3(CO)OC3[C@H]2[C@H]2C(C)(C)C12OC(=O)C(C)CC. The number of unbranched alkanes of at least 4 members (excludes halogenated alkanes) is 2. The molecule has 5 aliphatic rings. The van der Waals surface area contributed by atoms with Crippen LogP contribution in [0.4, 0.5) is 0 Å². The highest BCUT2D eigenvalue weighted by Crippen LogP contribution is 2.80. The van der Waals surface area contributed by atoms with Crippen molar-refractivity contribution >= 4 is 17.7 Å². The highest BCUT2D eigenvalue weighted by atomic mass is 16.6. The van der Waals surface area contributed by atoms with Crippen molar-refractivity contribution in [3.05, 3.63) is 36.0 Å².